The van der Waals surface area contributed by atoms with Crippen molar-refractivity contribution in [2.75, 3.05) is 18.8 Å². The third-order valence-corrected chi connectivity index (χ3v) is 5.85. The van der Waals surface area contributed by atoms with Crippen LogP contribution in [0.5, 0.6) is 0 Å². The molecule has 3 N–H and O–H groups in total. The van der Waals surface area contributed by atoms with Crippen LogP contribution in [-0.2, 0) is 10.0 Å². The second-order valence-electron chi connectivity index (χ2n) is 3.86. The molecular weight excluding hydrogens is 248 g/mol. The van der Waals surface area contributed by atoms with E-state index in [0.717, 1.165) is 11.3 Å². The molecule has 7 heteroatoms. The van der Waals surface area contributed by atoms with E-state index in [2.05, 4.69) is 0 Å². The zero-order valence-electron chi connectivity index (χ0n) is 8.67. The first-order valence-corrected chi connectivity index (χ1v) is 7.34. The quantitative estimate of drug-likeness (QED) is 0.812. The van der Waals surface area contributed by atoms with Gasteiger partial charge < -0.3 is 10.8 Å². The molecule has 0 bridgehead atoms. The largest absolute Gasteiger partial charge is 0.398 e. The molecule has 0 radical (unpaired) electrons. The van der Waals surface area contributed by atoms with Gasteiger partial charge in [0, 0.05) is 24.2 Å². The molecule has 2 heterocycles. The van der Waals surface area contributed by atoms with E-state index in [9.17, 15) is 13.5 Å². The average molecular weight is 262 g/mol. The van der Waals surface area contributed by atoms with Crippen LogP contribution in [0.1, 0.15) is 12.8 Å². The van der Waals surface area contributed by atoms with E-state index in [1.165, 1.54) is 10.4 Å². The molecule has 90 valence electrons. The highest BCUT2D eigenvalue weighted by Crippen LogP contribution is 2.27. The Bertz CT molecular complexity index is 469. The summed E-state index contributed by atoms with van der Waals surface area (Å²) < 4.78 is 25.8. The predicted octanol–water partition coefficient (Wildman–Crippen LogP) is 0.476. The molecule has 16 heavy (non-hydrogen) atoms. The Morgan fingerprint density at radius 1 is 1.56 bits per heavy atom. The van der Waals surface area contributed by atoms with Crippen molar-refractivity contribution in [3.8, 4) is 0 Å². The number of β-amino-alcohol motifs (C(OH)–C–C–N with tert-alkyl or cyclic N) is 1. The van der Waals surface area contributed by atoms with Crippen LogP contribution in [0.15, 0.2) is 15.7 Å². The molecular formula is C9H14N2O3S2. The first kappa shape index (κ1) is 11.8. The van der Waals surface area contributed by atoms with E-state index in [1.807, 2.05) is 0 Å². The number of anilines is 1. The Morgan fingerprint density at radius 2 is 2.31 bits per heavy atom. The SMILES string of the molecule is Nc1csc(S(=O)(=O)N2CCCC(O)C2)c1. The summed E-state index contributed by atoms with van der Waals surface area (Å²) in [6.45, 7) is 0.650. The number of thiophene rings is 1. The molecule has 5 nitrogen and oxygen atoms in total. The van der Waals surface area contributed by atoms with Gasteiger partial charge in [-0.1, -0.05) is 0 Å². The molecule has 1 aromatic rings. The second-order valence-corrected chi connectivity index (χ2v) is 6.93. The third kappa shape index (κ3) is 2.22. The Balaban J connectivity index is 2.25. The fraction of sp³-hybridized carbons (Fsp3) is 0.556. The summed E-state index contributed by atoms with van der Waals surface area (Å²) in [6.07, 6.45) is 0.806. The number of nitrogen functional groups attached to an aromatic ring is 1. The number of aliphatic hydroxyl groups excluding tert-OH is 1. The maximum absolute atomic E-state index is 12.1. The molecule has 1 unspecified atom stereocenters. The maximum Gasteiger partial charge on any atom is 0.252 e. The summed E-state index contributed by atoms with van der Waals surface area (Å²) in [5, 5.41) is 11.1. The third-order valence-electron chi connectivity index (χ3n) is 2.55. The molecule has 0 amide bonds. The zero-order chi connectivity index (χ0) is 11.8. The van der Waals surface area contributed by atoms with Crippen molar-refractivity contribution < 1.29 is 13.5 Å². The van der Waals surface area contributed by atoms with E-state index >= 15 is 0 Å². The molecule has 0 aromatic carbocycles. The highest BCUT2D eigenvalue weighted by molar-refractivity contribution is 7.91. The van der Waals surface area contributed by atoms with Crippen LogP contribution in [0.4, 0.5) is 5.69 Å². The Labute approximate surface area is 98.5 Å². The van der Waals surface area contributed by atoms with Crippen LogP contribution in [0.25, 0.3) is 0 Å². The lowest BCUT2D eigenvalue weighted by Crippen LogP contribution is -2.41. The molecule has 1 aromatic heterocycles. The van der Waals surface area contributed by atoms with Crippen molar-refractivity contribution in [1.82, 2.24) is 4.31 Å². The highest BCUT2D eigenvalue weighted by atomic mass is 32.2. The van der Waals surface area contributed by atoms with E-state index in [-0.39, 0.29) is 10.8 Å². The van der Waals surface area contributed by atoms with Gasteiger partial charge in [0.15, 0.2) is 0 Å². The van der Waals surface area contributed by atoms with Crippen LogP contribution in [0.3, 0.4) is 0 Å². The van der Waals surface area contributed by atoms with Crippen molar-refractivity contribution in [3.05, 3.63) is 11.4 Å². The van der Waals surface area contributed by atoms with Gasteiger partial charge >= 0.3 is 0 Å². The van der Waals surface area contributed by atoms with Crippen molar-refractivity contribution >= 4 is 27.0 Å². The molecule has 1 aliphatic heterocycles. The lowest BCUT2D eigenvalue weighted by Gasteiger charge is -2.28. The van der Waals surface area contributed by atoms with Crippen molar-refractivity contribution in [2.24, 2.45) is 0 Å². The first-order chi connectivity index (χ1) is 7.50. The van der Waals surface area contributed by atoms with Gasteiger partial charge in [-0.25, -0.2) is 8.42 Å². The number of nitrogens with zero attached hydrogens (tertiary/aromatic N) is 1. The molecule has 1 aliphatic rings. The fourth-order valence-corrected chi connectivity index (χ4v) is 4.48. The summed E-state index contributed by atoms with van der Waals surface area (Å²) in [4.78, 5) is 0. The van der Waals surface area contributed by atoms with Crippen molar-refractivity contribution in [1.29, 1.82) is 0 Å². The van der Waals surface area contributed by atoms with Crippen molar-refractivity contribution in [3.63, 3.8) is 0 Å². The summed E-state index contributed by atoms with van der Waals surface area (Å²) in [6, 6.07) is 1.46. The average Bonchev–Trinajstić information content (AvgIpc) is 2.65. The highest BCUT2D eigenvalue weighted by Gasteiger charge is 2.30. The van der Waals surface area contributed by atoms with E-state index in [0.29, 0.717) is 25.1 Å². The molecule has 1 atom stereocenters. The standard InChI is InChI=1S/C9H14N2O3S2/c10-7-4-9(15-6-7)16(13,14)11-3-1-2-8(12)5-11/h4,6,8,12H,1-3,5,10H2. The molecule has 1 fully saturated rings. The number of aliphatic hydroxyl groups is 1. The topological polar surface area (TPSA) is 83.6 Å². The monoisotopic (exact) mass is 262 g/mol. The van der Waals surface area contributed by atoms with Crippen LogP contribution in [0, 0.1) is 0 Å². The van der Waals surface area contributed by atoms with Gasteiger partial charge in [-0.3, -0.25) is 0 Å². The summed E-state index contributed by atoms with van der Waals surface area (Å²) in [7, 11) is -3.46. The lowest BCUT2D eigenvalue weighted by atomic mass is 10.1. The van der Waals surface area contributed by atoms with Gasteiger partial charge in [0.05, 0.1) is 6.10 Å². The summed E-state index contributed by atoms with van der Waals surface area (Å²) in [5.74, 6) is 0. The summed E-state index contributed by atoms with van der Waals surface area (Å²) in [5.41, 5.74) is 5.97. The zero-order valence-corrected chi connectivity index (χ0v) is 10.3. The molecule has 0 saturated carbocycles. The second kappa shape index (κ2) is 4.33. The van der Waals surface area contributed by atoms with Gasteiger partial charge in [-0.05, 0) is 18.9 Å². The van der Waals surface area contributed by atoms with Crippen molar-refractivity contribution in [2.45, 2.75) is 23.2 Å². The van der Waals surface area contributed by atoms with Crippen LogP contribution >= 0.6 is 11.3 Å². The molecule has 0 aliphatic carbocycles. The van der Waals surface area contributed by atoms with E-state index in [1.54, 1.807) is 5.38 Å². The van der Waals surface area contributed by atoms with Gasteiger partial charge in [0.2, 0.25) is 0 Å². The molecule has 1 saturated heterocycles. The number of hydrogen-bond donors (Lipinski definition) is 2. The Morgan fingerprint density at radius 3 is 2.88 bits per heavy atom. The fourth-order valence-electron chi connectivity index (χ4n) is 1.73. The normalized spacial score (nSPS) is 23.4. The molecule has 0 spiro atoms. The Hall–Kier alpha value is -0.630. The smallest absolute Gasteiger partial charge is 0.252 e. The number of piperidine rings is 1. The van der Waals surface area contributed by atoms with E-state index < -0.39 is 16.1 Å². The van der Waals surface area contributed by atoms with Gasteiger partial charge in [-0.15, -0.1) is 11.3 Å². The van der Waals surface area contributed by atoms with Gasteiger partial charge in [0.1, 0.15) is 4.21 Å². The Kier molecular flexibility index (Phi) is 3.20. The summed E-state index contributed by atoms with van der Waals surface area (Å²) >= 11 is 1.12. The number of rotatable bonds is 2. The predicted molar refractivity (Wildman–Crippen MR) is 62.7 cm³/mol. The minimum absolute atomic E-state index is 0.181. The van der Waals surface area contributed by atoms with Crippen LogP contribution < -0.4 is 5.73 Å². The minimum Gasteiger partial charge on any atom is -0.398 e. The first-order valence-electron chi connectivity index (χ1n) is 5.02. The lowest BCUT2D eigenvalue weighted by molar-refractivity contribution is 0.108. The maximum atomic E-state index is 12.1. The van der Waals surface area contributed by atoms with Gasteiger partial charge in [-0.2, -0.15) is 4.31 Å². The van der Waals surface area contributed by atoms with Crippen LogP contribution in [-0.4, -0.2) is 37.0 Å². The number of nitrogens with two attached hydrogens (primary N) is 1. The van der Waals surface area contributed by atoms with E-state index in [4.69, 9.17) is 5.73 Å². The number of sulfonamides is 1. The molecule has 2 rings (SSSR count). The minimum atomic E-state index is -3.46. The van der Waals surface area contributed by atoms with Crippen LogP contribution in [0.2, 0.25) is 0 Å². The van der Waals surface area contributed by atoms with Gasteiger partial charge in [0.25, 0.3) is 10.0 Å². The number of hydrogen-bond acceptors (Lipinski definition) is 5.